The third-order valence-corrected chi connectivity index (χ3v) is 1.83. The first-order chi connectivity index (χ1) is 5.26. The summed E-state index contributed by atoms with van der Waals surface area (Å²) in [6, 6.07) is 0. The first-order valence-electron chi connectivity index (χ1n) is 2.94. The van der Waals surface area contributed by atoms with Crippen LogP contribution in [0, 0.1) is 4.77 Å². The van der Waals surface area contributed by atoms with E-state index in [4.69, 9.17) is 12.2 Å². The van der Waals surface area contributed by atoms with E-state index in [2.05, 4.69) is 40.2 Å². The Kier molecular flexibility index (Phi) is 3.35. The van der Waals surface area contributed by atoms with Gasteiger partial charge in [0, 0.05) is 11.5 Å². The second-order valence-electron chi connectivity index (χ2n) is 1.84. The van der Waals surface area contributed by atoms with Gasteiger partial charge >= 0.3 is 0 Å². The number of nitrogens with zero attached hydrogens (tertiary/aromatic N) is 2. The second kappa shape index (κ2) is 4.08. The highest BCUT2D eigenvalue weighted by Crippen LogP contribution is 1.98. The average Bonchev–Trinajstić information content (AvgIpc) is 2.03. The van der Waals surface area contributed by atoms with Gasteiger partial charge in [-0.1, -0.05) is 0 Å². The standard InChI is InChI=1S/C5H7N3S3/c9-1-3-6-4(2-10)8-5(11)7-3/h9-10H,1-2H2,(H,6,7,8,11). The molecule has 0 amide bonds. The van der Waals surface area contributed by atoms with Crippen molar-refractivity contribution in [2.45, 2.75) is 11.5 Å². The van der Waals surface area contributed by atoms with E-state index < -0.39 is 0 Å². The summed E-state index contributed by atoms with van der Waals surface area (Å²) in [5, 5.41) is 0. The minimum absolute atomic E-state index is 0.344. The van der Waals surface area contributed by atoms with Crippen molar-refractivity contribution in [3.8, 4) is 0 Å². The van der Waals surface area contributed by atoms with Gasteiger partial charge in [-0.3, -0.25) is 0 Å². The number of hydrogen-bond acceptors (Lipinski definition) is 5. The fourth-order valence-electron chi connectivity index (χ4n) is 0.628. The van der Waals surface area contributed by atoms with E-state index in [1.165, 1.54) is 0 Å². The molecule has 0 saturated carbocycles. The van der Waals surface area contributed by atoms with Crippen molar-refractivity contribution >= 4 is 37.5 Å². The van der Waals surface area contributed by atoms with Gasteiger partial charge in [-0.25, -0.2) is 9.97 Å². The molecule has 1 rings (SSSR count). The van der Waals surface area contributed by atoms with Crippen LogP contribution in [-0.4, -0.2) is 15.0 Å². The molecule has 0 aliphatic rings. The molecule has 1 heterocycles. The van der Waals surface area contributed by atoms with Crippen LogP contribution in [0.4, 0.5) is 0 Å². The molecule has 0 aromatic carbocycles. The van der Waals surface area contributed by atoms with Crippen LogP contribution in [-0.2, 0) is 11.5 Å². The molecule has 6 heteroatoms. The average molecular weight is 205 g/mol. The molecule has 0 radical (unpaired) electrons. The van der Waals surface area contributed by atoms with Crippen molar-refractivity contribution in [2.75, 3.05) is 0 Å². The Labute approximate surface area is 80.5 Å². The van der Waals surface area contributed by atoms with Gasteiger partial charge in [0.1, 0.15) is 11.6 Å². The minimum Gasteiger partial charge on any atom is -0.330 e. The molecule has 0 aliphatic heterocycles. The van der Waals surface area contributed by atoms with Crippen LogP contribution in [0.3, 0.4) is 0 Å². The second-order valence-corrected chi connectivity index (χ2v) is 2.84. The smallest absolute Gasteiger partial charge is 0.222 e. The summed E-state index contributed by atoms with van der Waals surface area (Å²) >= 11 is 12.9. The molecule has 1 aromatic heterocycles. The van der Waals surface area contributed by atoms with Crippen molar-refractivity contribution in [1.82, 2.24) is 15.0 Å². The summed E-state index contributed by atoms with van der Waals surface area (Å²) in [5.74, 6) is 2.54. The third-order valence-electron chi connectivity index (χ3n) is 1.05. The summed E-state index contributed by atoms with van der Waals surface area (Å²) < 4.78 is 0.344. The monoisotopic (exact) mass is 205 g/mol. The lowest BCUT2D eigenvalue weighted by Gasteiger charge is -1.98. The molecule has 1 N–H and O–H groups in total. The molecular formula is C5H7N3S3. The Bertz CT molecular complexity index is 270. The number of aromatic nitrogens is 3. The van der Waals surface area contributed by atoms with Gasteiger partial charge in [0.25, 0.3) is 0 Å². The van der Waals surface area contributed by atoms with Crippen LogP contribution in [0.1, 0.15) is 11.6 Å². The summed E-state index contributed by atoms with van der Waals surface area (Å²) in [7, 11) is 0. The molecule has 60 valence electrons. The molecule has 0 fully saturated rings. The Morgan fingerprint density at radius 3 is 2.00 bits per heavy atom. The Balaban J connectivity index is 3.12. The SMILES string of the molecule is S=c1nc(CS)[nH]c(CS)n1. The van der Waals surface area contributed by atoms with Crippen LogP contribution in [0.5, 0.6) is 0 Å². The lowest BCUT2D eigenvalue weighted by Crippen LogP contribution is -1.99. The highest BCUT2D eigenvalue weighted by molar-refractivity contribution is 7.79. The van der Waals surface area contributed by atoms with Gasteiger partial charge in [-0.05, 0) is 12.2 Å². The number of hydrogen-bond donors (Lipinski definition) is 3. The maximum atomic E-state index is 4.81. The molecule has 0 atom stereocenters. The first kappa shape index (κ1) is 9.02. The predicted molar refractivity (Wildman–Crippen MR) is 52.6 cm³/mol. The van der Waals surface area contributed by atoms with E-state index in [1.54, 1.807) is 0 Å². The zero-order valence-corrected chi connectivity index (χ0v) is 8.22. The Hall–Kier alpha value is -0.0700. The lowest BCUT2D eigenvalue weighted by atomic mass is 10.6. The van der Waals surface area contributed by atoms with Gasteiger partial charge in [0.2, 0.25) is 4.77 Å². The van der Waals surface area contributed by atoms with E-state index in [-0.39, 0.29) is 0 Å². The predicted octanol–water partition coefficient (Wildman–Crippen LogP) is 1.39. The highest BCUT2D eigenvalue weighted by Gasteiger charge is 1.95. The fraction of sp³-hybridized carbons (Fsp3) is 0.400. The van der Waals surface area contributed by atoms with Crippen LogP contribution in [0.15, 0.2) is 0 Å². The third kappa shape index (κ3) is 2.46. The molecular weight excluding hydrogens is 198 g/mol. The largest absolute Gasteiger partial charge is 0.330 e. The van der Waals surface area contributed by atoms with Gasteiger partial charge in [0.05, 0.1) is 0 Å². The number of H-pyrrole nitrogens is 1. The van der Waals surface area contributed by atoms with Crippen LogP contribution < -0.4 is 0 Å². The van der Waals surface area contributed by atoms with Gasteiger partial charge in [-0.15, -0.1) is 0 Å². The van der Waals surface area contributed by atoms with Crippen LogP contribution >= 0.6 is 37.5 Å². The van der Waals surface area contributed by atoms with Gasteiger partial charge < -0.3 is 4.98 Å². The number of aromatic amines is 1. The molecule has 1 aromatic rings. The molecule has 0 unspecified atom stereocenters. The summed E-state index contributed by atoms with van der Waals surface area (Å²) in [5.41, 5.74) is 0. The van der Waals surface area contributed by atoms with Gasteiger partial charge in [-0.2, -0.15) is 25.3 Å². The van der Waals surface area contributed by atoms with E-state index in [1.807, 2.05) is 0 Å². The molecule has 11 heavy (non-hydrogen) atoms. The molecule has 0 aliphatic carbocycles. The zero-order chi connectivity index (χ0) is 8.27. The summed E-state index contributed by atoms with van der Waals surface area (Å²) in [6.07, 6.45) is 0. The van der Waals surface area contributed by atoms with E-state index >= 15 is 0 Å². The lowest BCUT2D eigenvalue weighted by molar-refractivity contribution is 0.890. The summed E-state index contributed by atoms with van der Waals surface area (Å²) in [4.78, 5) is 10.8. The van der Waals surface area contributed by atoms with Crippen molar-refractivity contribution in [1.29, 1.82) is 0 Å². The van der Waals surface area contributed by atoms with E-state index in [0.717, 1.165) is 11.6 Å². The topological polar surface area (TPSA) is 41.6 Å². The Morgan fingerprint density at radius 1 is 1.18 bits per heavy atom. The minimum atomic E-state index is 0.344. The Morgan fingerprint density at radius 2 is 1.64 bits per heavy atom. The van der Waals surface area contributed by atoms with Crippen molar-refractivity contribution < 1.29 is 0 Å². The maximum Gasteiger partial charge on any atom is 0.222 e. The maximum absolute atomic E-state index is 4.81. The number of nitrogens with one attached hydrogen (secondary N) is 1. The fourth-order valence-corrected chi connectivity index (χ4v) is 1.15. The molecule has 0 bridgehead atoms. The van der Waals surface area contributed by atoms with E-state index in [0.29, 0.717) is 16.3 Å². The number of rotatable bonds is 2. The molecule has 3 nitrogen and oxygen atoms in total. The zero-order valence-electron chi connectivity index (χ0n) is 5.61. The number of thiol groups is 2. The van der Waals surface area contributed by atoms with Crippen molar-refractivity contribution in [3.63, 3.8) is 0 Å². The van der Waals surface area contributed by atoms with Crippen molar-refractivity contribution in [2.24, 2.45) is 0 Å². The molecule has 0 spiro atoms. The normalized spacial score (nSPS) is 10.0. The first-order valence-corrected chi connectivity index (χ1v) is 4.61. The van der Waals surface area contributed by atoms with Gasteiger partial charge in [0.15, 0.2) is 0 Å². The quantitative estimate of drug-likeness (QED) is 0.505. The van der Waals surface area contributed by atoms with E-state index in [9.17, 15) is 0 Å². The van der Waals surface area contributed by atoms with Crippen molar-refractivity contribution in [3.05, 3.63) is 16.4 Å². The summed E-state index contributed by atoms with van der Waals surface area (Å²) in [6.45, 7) is 0. The molecule has 0 saturated heterocycles. The van der Waals surface area contributed by atoms with Crippen LogP contribution in [0.2, 0.25) is 0 Å². The van der Waals surface area contributed by atoms with Crippen LogP contribution in [0.25, 0.3) is 0 Å². The highest BCUT2D eigenvalue weighted by atomic mass is 32.1.